The van der Waals surface area contributed by atoms with Crippen LogP contribution in [0.25, 0.3) is 22.2 Å². The smallest absolute Gasteiger partial charge is 0.319 e. The summed E-state index contributed by atoms with van der Waals surface area (Å²) in [6, 6.07) is 0.0450. The number of nitrogens with zero attached hydrogens (tertiary/aromatic N) is 5. The molecule has 6 atom stereocenters. The molecule has 2 aromatic heterocycles. The standard InChI is InChI=1S/C30H32ClF4N7O2/c1-12-19(31)17(21(34)23(36)20(12)33)24-22(35)25-18-27(40-29(39-25)43-11-30-6-3-7-41(30)9-14(32)8-30)42-10-15-4-5-16(37-15)26(42)13(2)44-28(18)38-24/h13-16,26,37H,3-11,36H2,1-2H3/t13-,14+,15+,16-,26?,30-/m0/s1. The maximum Gasteiger partial charge on any atom is 0.319 e. The topological polar surface area (TPSA) is 102 Å². The van der Waals surface area contributed by atoms with Crippen molar-refractivity contribution in [3.05, 3.63) is 28.0 Å². The minimum Gasteiger partial charge on any atom is -0.472 e. The van der Waals surface area contributed by atoms with Crippen LogP contribution in [0.2, 0.25) is 5.02 Å². The number of rotatable bonds is 4. The molecule has 14 heteroatoms. The van der Waals surface area contributed by atoms with Crippen molar-refractivity contribution < 1.29 is 27.0 Å². The van der Waals surface area contributed by atoms with Gasteiger partial charge in [0.25, 0.3) is 0 Å². The summed E-state index contributed by atoms with van der Waals surface area (Å²) in [7, 11) is 0. The summed E-state index contributed by atoms with van der Waals surface area (Å²) >= 11 is 6.40. The van der Waals surface area contributed by atoms with Gasteiger partial charge in [-0.05, 0) is 46.1 Å². The molecule has 9 nitrogen and oxygen atoms in total. The molecular formula is C30H32ClF4N7O2. The summed E-state index contributed by atoms with van der Waals surface area (Å²) in [5.41, 5.74) is 3.11. The number of benzene rings is 1. The highest BCUT2D eigenvalue weighted by atomic mass is 35.5. The molecule has 7 heterocycles. The Bertz CT molecular complexity index is 1690. The molecule has 0 amide bonds. The van der Waals surface area contributed by atoms with Crippen molar-refractivity contribution in [3.63, 3.8) is 0 Å². The number of nitrogens with two attached hydrogens (primary N) is 1. The van der Waals surface area contributed by atoms with Crippen LogP contribution in [0.4, 0.5) is 29.1 Å². The molecule has 0 radical (unpaired) electrons. The molecule has 5 aliphatic rings. The highest BCUT2D eigenvalue weighted by Crippen LogP contribution is 2.47. The van der Waals surface area contributed by atoms with Gasteiger partial charge in [0.05, 0.1) is 22.2 Å². The van der Waals surface area contributed by atoms with Crippen LogP contribution in [0.1, 0.15) is 44.6 Å². The third kappa shape index (κ3) is 4.00. The van der Waals surface area contributed by atoms with Gasteiger partial charge in [-0.1, -0.05) is 11.6 Å². The second-order valence-corrected chi connectivity index (χ2v) is 13.2. The SMILES string of the molecule is Cc1c(F)c(N)c(F)c(-c2nc3c4c(nc(OC[C@@]56CCCN5C[C@H](F)C6)nc4c2F)N2C[C@H]4CC[C@H](N4)C2[C@H](C)O3)c1Cl. The van der Waals surface area contributed by atoms with Gasteiger partial charge in [0.15, 0.2) is 17.5 Å². The Kier molecular flexibility index (Phi) is 6.39. The Balaban J connectivity index is 1.32. The number of nitrogens with one attached hydrogen (secondary N) is 1. The maximum absolute atomic E-state index is 16.7. The third-order valence-electron chi connectivity index (χ3n) is 10.3. The van der Waals surface area contributed by atoms with E-state index in [0.717, 1.165) is 32.2 Å². The molecule has 0 aliphatic carbocycles. The molecule has 1 unspecified atom stereocenters. The van der Waals surface area contributed by atoms with E-state index in [1.54, 1.807) is 0 Å². The van der Waals surface area contributed by atoms with E-state index in [-0.39, 0.29) is 58.1 Å². The fourth-order valence-electron chi connectivity index (χ4n) is 8.19. The molecule has 8 rings (SSSR count). The Morgan fingerprint density at radius 3 is 2.77 bits per heavy atom. The molecule has 1 aromatic carbocycles. The van der Waals surface area contributed by atoms with Gasteiger partial charge in [0.2, 0.25) is 5.88 Å². The predicted octanol–water partition coefficient (Wildman–Crippen LogP) is 4.70. The molecule has 3 aromatic rings. The molecular weight excluding hydrogens is 602 g/mol. The zero-order chi connectivity index (χ0) is 30.7. The maximum atomic E-state index is 16.7. The summed E-state index contributed by atoms with van der Waals surface area (Å²) in [6.45, 7) is 5.11. The minimum absolute atomic E-state index is 0.00312. The van der Waals surface area contributed by atoms with Gasteiger partial charge >= 0.3 is 6.01 Å². The van der Waals surface area contributed by atoms with Gasteiger partial charge in [0, 0.05) is 37.2 Å². The Morgan fingerprint density at radius 2 is 1.95 bits per heavy atom. The van der Waals surface area contributed by atoms with E-state index in [1.165, 1.54) is 6.92 Å². The van der Waals surface area contributed by atoms with Crippen molar-refractivity contribution in [1.82, 2.24) is 25.2 Å². The first-order chi connectivity index (χ1) is 21.1. The van der Waals surface area contributed by atoms with Crippen LogP contribution in [-0.4, -0.2) is 82.0 Å². The zero-order valence-corrected chi connectivity index (χ0v) is 25.0. The molecule has 4 saturated heterocycles. The van der Waals surface area contributed by atoms with Gasteiger partial charge in [-0.25, -0.2) is 22.5 Å². The van der Waals surface area contributed by atoms with Gasteiger partial charge in [-0.2, -0.15) is 9.97 Å². The first-order valence-corrected chi connectivity index (χ1v) is 15.5. The summed E-state index contributed by atoms with van der Waals surface area (Å²) < 4.78 is 73.8. The van der Waals surface area contributed by atoms with Crippen LogP contribution in [0.5, 0.6) is 11.9 Å². The molecule has 5 aliphatic heterocycles. The number of pyridine rings is 1. The molecule has 2 bridgehead atoms. The number of anilines is 2. The van der Waals surface area contributed by atoms with Crippen LogP contribution >= 0.6 is 11.6 Å². The summed E-state index contributed by atoms with van der Waals surface area (Å²) in [6.07, 6.45) is 2.59. The highest BCUT2D eigenvalue weighted by molar-refractivity contribution is 6.34. The molecule has 4 fully saturated rings. The summed E-state index contributed by atoms with van der Waals surface area (Å²) in [5.74, 6) is -2.85. The lowest BCUT2D eigenvalue weighted by molar-refractivity contribution is 0.107. The van der Waals surface area contributed by atoms with Gasteiger partial charge in [-0.3, -0.25) is 4.90 Å². The normalized spacial score (nSPS) is 30.8. The van der Waals surface area contributed by atoms with Crippen molar-refractivity contribution in [3.8, 4) is 23.1 Å². The first kappa shape index (κ1) is 28.3. The van der Waals surface area contributed by atoms with Crippen molar-refractivity contribution in [2.75, 3.05) is 36.9 Å². The zero-order valence-electron chi connectivity index (χ0n) is 24.3. The van der Waals surface area contributed by atoms with Gasteiger partial charge in [0.1, 0.15) is 47.0 Å². The lowest BCUT2D eigenvalue weighted by atomic mass is 9.95. The van der Waals surface area contributed by atoms with E-state index < -0.39 is 52.2 Å². The number of hydrogen-bond acceptors (Lipinski definition) is 9. The Hall–Kier alpha value is -3.16. The average molecular weight is 634 g/mol. The van der Waals surface area contributed by atoms with Crippen molar-refractivity contribution in [2.45, 2.75) is 81.9 Å². The van der Waals surface area contributed by atoms with E-state index in [0.29, 0.717) is 25.3 Å². The second-order valence-electron chi connectivity index (χ2n) is 12.9. The first-order valence-electron chi connectivity index (χ1n) is 15.1. The van der Waals surface area contributed by atoms with E-state index >= 15 is 8.78 Å². The number of aromatic nitrogens is 3. The molecule has 3 N–H and O–H groups in total. The fourth-order valence-corrected chi connectivity index (χ4v) is 8.44. The monoisotopic (exact) mass is 633 g/mol. The molecule has 234 valence electrons. The van der Waals surface area contributed by atoms with Crippen molar-refractivity contribution in [1.29, 1.82) is 0 Å². The number of halogens is 5. The third-order valence-corrected chi connectivity index (χ3v) is 10.7. The van der Waals surface area contributed by atoms with E-state index in [9.17, 15) is 8.78 Å². The number of hydrogen-bond donors (Lipinski definition) is 2. The average Bonchev–Trinajstić information content (AvgIpc) is 3.64. The van der Waals surface area contributed by atoms with E-state index in [2.05, 4.69) is 25.1 Å². The lowest BCUT2D eigenvalue weighted by Gasteiger charge is -2.42. The van der Waals surface area contributed by atoms with Crippen molar-refractivity contribution in [2.24, 2.45) is 0 Å². The largest absolute Gasteiger partial charge is 0.472 e. The van der Waals surface area contributed by atoms with Crippen LogP contribution in [0.15, 0.2) is 0 Å². The number of ether oxygens (including phenoxy) is 2. The highest BCUT2D eigenvalue weighted by Gasteiger charge is 2.50. The van der Waals surface area contributed by atoms with Crippen molar-refractivity contribution >= 4 is 34.0 Å². The molecule has 0 spiro atoms. The second kappa shape index (κ2) is 9.92. The fraction of sp³-hybridized carbons (Fsp3) is 0.567. The van der Waals surface area contributed by atoms with Crippen LogP contribution < -0.4 is 25.4 Å². The van der Waals surface area contributed by atoms with Crippen LogP contribution in [0, 0.1) is 24.4 Å². The number of piperazine rings is 1. The van der Waals surface area contributed by atoms with Crippen LogP contribution in [0.3, 0.4) is 0 Å². The quantitative estimate of drug-likeness (QED) is 0.313. The van der Waals surface area contributed by atoms with Gasteiger partial charge < -0.3 is 25.4 Å². The van der Waals surface area contributed by atoms with E-state index in [1.807, 2.05) is 6.92 Å². The van der Waals surface area contributed by atoms with E-state index in [4.69, 9.17) is 31.8 Å². The Morgan fingerprint density at radius 1 is 1.14 bits per heavy atom. The minimum atomic E-state index is -1.23. The summed E-state index contributed by atoms with van der Waals surface area (Å²) in [4.78, 5) is 18.0. The predicted molar refractivity (Wildman–Crippen MR) is 157 cm³/mol. The number of fused-ring (bicyclic) bond motifs is 6. The number of alkyl halides is 1. The molecule has 44 heavy (non-hydrogen) atoms. The number of nitrogen functional groups attached to an aromatic ring is 1. The lowest BCUT2D eigenvalue weighted by Crippen LogP contribution is -2.62. The molecule has 0 saturated carbocycles. The van der Waals surface area contributed by atoms with Gasteiger partial charge in [-0.15, -0.1) is 0 Å². The Labute approximate surface area is 256 Å². The van der Waals surface area contributed by atoms with Crippen LogP contribution in [-0.2, 0) is 0 Å². The summed E-state index contributed by atoms with van der Waals surface area (Å²) in [5, 5.41) is 3.51.